The van der Waals surface area contributed by atoms with Gasteiger partial charge in [-0.3, -0.25) is 0 Å². The third kappa shape index (κ3) is 6.16. The first-order valence-electron chi connectivity index (χ1n) is 19.2. The van der Waals surface area contributed by atoms with E-state index < -0.39 is 0 Å². The Bertz CT molecular complexity index is 3030. The molecule has 4 nitrogen and oxygen atoms in total. The molecule has 0 spiro atoms. The van der Waals surface area contributed by atoms with Crippen molar-refractivity contribution in [1.82, 2.24) is 15.0 Å². The van der Waals surface area contributed by atoms with Crippen molar-refractivity contribution < 1.29 is 0 Å². The van der Waals surface area contributed by atoms with Gasteiger partial charge >= 0.3 is 0 Å². The van der Waals surface area contributed by atoms with Gasteiger partial charge < -0.3 is 0 Å². The molecule has 57 heavy (non-hydrogen) atoms. The highest BCUT2D eigenvalue weighted by Gasteiger charge is 2.36. The fraction of sp³-hybridized carbons (Fsp3) is 0.0566. The van der Waals surface area contributed by atoms with Gasteiger partial charge in [0.1, 0.15) is 0 Å². The maximum absolute atomic E-state index is 9.70. The molecule has 0 bridgehead atoms. The van der Waals surface area contributed by atoms with Crippen molar-refractivity contribution in [3.05, 3.63) is 199 Å². The number of aromatic nitrogens is 3. The van der Waals surface area contributed by atoms with Gasteiger partial charge in [-0.05, 0) is 99.1 Å². The molecule has 0 amide bonds. The smallest absolute Gasteiger partial charge is 0.160 e. The number of rotatable bonds is 6. The predicted molar refractivity (Wildman–Crippen MR) is 232 cm³/mol. The van der Waals surface area contributed by atoms with Crippen LogP contribution in [0.15, 0.2) is 182 Å². The van der Waals surface area contributed by atoms with Gasteiger partial charge in [0.15, 0.2) is 5.82 Å². The summed E-state index contributed by atoms with van der Waals surface area (Å²) in [6, 6.07) is 65.7. The van der Waals surface area contributed by atoms with Crippen LogP contribution in [0.2, 0.25) is 0 Å². The molecule has 9 aromatic rings. The molecule has 7 aromatic carbocycles. The second kappa shape index (κ2) is 13.7. The number of hydrogen-bond acceptors (Lipinski definition) is 4. The molecule has 268 valence electrons. The maximum Gasteiger partial charge on any atom is 0.160 e. The lowest BCUT2D eigenvalue weighted by atomic mass is 9.81. The Morgan fingerprint density at radius 2 is 0.965 bits per heavy atom. The highest BCUT2D eigenvalue weighted by Crippen LogP contribution is 2.50. The molecular formula is C53H36N4. The first kappa shape index (κ1) is 34.0. The number of pyridine rings is 1. The molecule has 1 aliphatic carbocycles. The second-order valence-corrected chi connectivity index (χ2v) is 15.2. The van der Waals surface area contributed by atoms with E-state index in [9.17, 15) is 5.26 Å². The van der Waals surface area contributed by atoms with Crippen LogP contribution in [-0.2, 0) is 5.41 Å². The van der Waals surface area contributed by atoms with Crippen LogP contribution in [0, 0.1) is 11.3 Å². The van der Waals surface area contributed by atoms with E-state index in [-0.39, 0.29) is 5.41 Å². The van der Waals surface area contributed by atoms with Crippen molar-refractivity contribution in [3.8, 4) is 84.6 Å². The molecule has 0 fully saturated rings. The van der Waals surface area contributed by atoms with Crippen molar-refractivity contribution in [2.75, 3.05) is 0 Å². The van der Waals surface area contributed by atoms with E-state index in [2.05, 4.69) is 153 Å². The summed E-state index contributed by atoms with van der Waals surface area (Å²) in [7, 11) is 0. The molecule has 10 rings (SSSR count). The van der Waals surface area contributed by atoms with Crippen LogP contribution in [0.25, 0.3) is 89.4 Å². The minimum atomic E-state index is -0.268. The summed E-state index contributed by atoms with van der Waals surface area (Å²) in [5.41, 5.74) is 17.2. The second-order valence-electron chi connectivity index (χ2n) is 15.2. The van der Waals surface area contributed by atoms with Crippen molar-refractivity contribution in [2.24, 2.45) is 0 Å². The average Bonchev–Trinajstić information content (AvgIpc) is 3.51. The average molecular weight is 729 g/mol. The molecule has 0 atom stereocenters. The van der Waals surface area contributed by atoms with Crippen molar-refractivity contribution in [2.45, 2.75) is 19.3 Å². The SMILES string of the molecule is CC1(C)c2cc(C#N)ccc2-c2ccc(-c3cc(-c4cc(-c5ccc(-c6ccccc6)cc5)nc(-c5ccccc5)n4)cc(-c4ccc5ccccc5n4)c3)cc21. The molecular weight excluding hydrogens is 693 g/mol. The summed E-state index contributed by atoms with van der Waals surface area (Å²) in [6.07, 6.45) is 0. The summed E-state index contributed by atoms with van der Waals surface area (Å²) in [5, 5.41) is 10.8. The number of para-hydroxylation sites is 1. The first-order valence-corrected chi connectivity index (χ1v) is 19.2. The van der Waals surface area contributed by atoms with Crippen LogP contribution in [-0.4, -0.2) is 15.0 Å². The first-order chi connectivity index (χ1) is 27.9. The zero-order valence-electron chi connectivity index (χ0n) is 31.6. The van der Waals surface area contributed by atoms with Gasteiger partial charge in [0, 0.05) is 33.1 Å². The molecule has 1 aliphatic rings. The number of benzene rings is 7. The topological polar surface area (TPSA) is 62.5 Å². The highest BCUT2D eigenvalue weighted by atomic mass is 14.9. The zero-order chi connectivity index (χ0) is 38.5. The lowest BCUT2D eigenvalue weighted by molar-refractivity contribution is 0.660. The molecule has 0 unspecified atom stereocenters. The summed E-state index contributed by atoms with van der Waals surface area (Å²) in [4.78, 5) is 15.5. The Balaban J connectivity index is 1.15. The Labute approximate surface area is 332 Å². The van der Waals surface area contributed by atoms with Crippen molar-refractivity contribution in [3.63, 3.8) is 0 Å². The van der Waals surface area contributed by atoms with E-state index in [4.69, 9.17) is 15.0 Å². The summed E-state index contributed by atoms with van der Waals surface area (Å²) >= 11 is 0. The lowest BCUT2D eigenvalue weighted by Gasteiger charge is -2.22. The molecule has 0 N–H and O–H groups in total. The van der Waals surface area contributed by atoms with Gasteiger partial charge in [0.05, 0.1) is 34.2 Å². The van der Waals surface area contributed by atoms with E-state index in [0.29, 0.717) is 11.4 Å². The van der Waals surface area contributed by atoms with E-state index in [1.54, 1.807) is 0 Å². The van der Waals surface area contributed by atoms with Gasteiger partial charge in [0.2, 0.25) is 0 Å². The Morgan fingerprint density at radius 3 is 1.70 bits per heavy atom. The van der Waals surface area contributed by atoms with Crippen LogP contribution in [0.1, 0.15) is 30.5 Å². The molecule has 0 aliphatic heterocycles. The number of nitriles is 1. The van der Waals surface area contributed by atoms with Gasteiger partial charge in [0.25, 0.3) is 0 Å². The fourth-order valence-corrected chi connectivity index (χ4v) is 8.23. The minimum Gasteiger partial charge on any atom is -0.248 e. The van der Waals surface area contributed by atoms with E-state index in [0.717, 1.165) is 66.9 Å². The molecule has 2 aromatic heterocycles. The van der Waals surface area contributed by atoms with Gasteiger partial charge in [-0.25, -0.2) is 15.0 Å². The molecule has 4 heteroatoms. The number of fused-ring (bicyclic) bond motifs is 4. The van der Waals surface area contributed by atoms with E-state index in [1.807, 2.05) is 48.5 Å². The molecule has 2 heterocycles. The largest absolute Gasteiger partial charge is 0.248 e. The molecule has 0 saturated heterocycles. The quantitative estimate of drug-likeness (QED) is 0.171. The van der Waals surface area contributed by atoms with Crippen LogP contribution in [0.5, 0.6) is 0 Å². The van der Waals surface area contributed by atoms with E-state index in [1.165, 1.54) is 27.8 Å². The summed E-state index contributed by atoms with van der Waals surface area (Å²) < 4.78 is 0. The van der Waals surface area contributed by atoms with Crippen LogP contribution >= 0.6 is 0 Å². The number of hydrogen-bond donors (Lipinski definition) is 0. The van der Waals surface area contributed by atoms with Crippen LogP contribution < -0.4 is 0 Å². The van der Waals surface area contributed by atoms with Gasteiger partial charge in [-0.1, -0.05) is 141 Å². The molecule has 0 saturated carbocycles. The monoisotopic (exact) mass is 728 g/mol. The standard InChI is InChI=1S/C53H36N4/c1-53(2)46-27-34(33-54)17-24-44(46)45-25-22-40(31-47(45)53)41-28-42(49-26-23-37-13-9-10-16-48(37)55-49)30-43(29-41)51-32-50(56-52(57-51)39-14-7-4-8-15-39)38-20-18-36(19-21-38)35-11-5-3-6-12-35/h3-32H,1-2H3. The molecule has 0 radical (unpaired) electrons. The van der Waals surface area contributed by atoms with E-state index >= 15 is 0 Å². The predicted octanol–water partition coefficient (Wildman–Crippen LogP) is 13.2. The van der Waals surface area contributed by atoms with Crippen LogP contribution in [0.3, 0.4) is 0 Å². The third-order valence-electron chi connectivity index (χ3n) is 11.3. The third-order valence-corrected chi connectivity index (χ3v) is 11.3. The summed E-state index contributed by atoms with van der Waals surface area (Å²) in [6.45, 7) is 4.51. The minimum absolute atomic E-state index is 0.268. The maximum atomic E-state index is 9.70. The summed E-state index contributed by atoms with van der Waals surface area (Å²) in [5.74, 6) is 0.666. The van der Waals surface area contributed by atoms with Crippen LogP contribution in [0.4, 0.5) is 0 Å². The lowest BCUT2D eigenvalue weighted by Crippen LogP contribution is -2.15. The van der Waals surface area contributed by atoms with Gasteiger partial charge in [-0.15, -0.1) is 0 Å². The number of nitrogens with zero attached hydrogens (tertiary/aromatic N) is 4. The van der Waals surface area contributed by atoms with Crippen molar-refractivity contribution in [1.29, 1.82) is 5.26 Å². The fourth-order valence-electron chi connectivity index (χ4n) is 8.23. The van der Waals surface area contributed by atoms with Crippen molar-refractivity contribution >= 4 is 10.9 Å². The zero-order valence-corrected chi connectivity index (χ0v) is 31.6. The Morgan fingerprint density at radius 1 is 0.404 bits per heavy atom. The normalized spacial score (nSPS) is 12.5. The Hall–Kier alpha value is -7.48. The highest BCUT2D eigenvalue weighted by molar-refractivity contribution is 5.88. The Kier molecular flexibility index (Phi) is 8.17. The van der Waals surface area contributed by atoms with Gasteiger partial charge in [-0.2, -0.15) is 5.26 Å².